The summed E-state index contributed by atoms with van der Waals surface area (Å²) in [5, 5.41) is 8.41. The number of amides is 1. The molecule has 0 aliphatic heterocycles. The van der Waals surface area contributed by atoms with E-state index in [1.54, 1.807) is 18.0 Å². The zero-order valence-corrected chi connectivity index (χ0v) is 18.0. The summed E-state index contributed by atoms with van der Waals surface area (Å²) in [6.45, 7) is 1.96. The van der Waals surface area contributed by atoms with Gasteiger partial charge >= 0.3 is 0 Å². The third-order valence-electron chi connectivity index (χ3n) is 5.54. The van der Waals surface area contributed by atoms with E-state index in [4.69, 9.17) is 4.74 Å². The van der Waals surface area contributed by atoms with Gasteiger partial charge in [0.05, 0.1) is 23.8 Å². The Balaban J connectivity index is 1.45. The van der Waals surface area contributed by atoms with Gasteiger partial charge in [0.15, 0.2) is 5.65 Å². The van der Waals surface area contributed by atoms with Crippen molar-refractivity contribution in [1.29, 1.82) is 0 Å². The van der Waals surface area contributed by atoms with Crippen molar-refractivity contribution in [2.24, 2.45) is 7.05 Å². The van der Waals surface area contributed by atoms with Crippen LogP contribution in [-0.2, 0) is 18.4 Å². The molecule has 5 aromatic rings. The van der Waals surface area contributed by atoms with Crippen LogP contribution < -0.4 is 10.1 Å². The molecule has 3 aromatic heterocycles. The molecule has 0 atom stereocenters. The highest BCUT2D eigenvalue weighted by molar-refractivity contribution is 5.96. The number of carbonyl (C=O) groups excluding carboxylic acids is 1. The van der Waals surface area contributed by atoms with E-state index in [1.165, 1.54) is 0 Å². The Morgan fingerprint density at radius 2 is 1.88 bits per heavy atom. The molecule has 32 heavy (non-hydrogen) atoms. The first-order chi connectivity index (χ1) is 15.5. The maximum absolute atomic E-state index is 12.8. The van der Waals surface area contributed by atoms with Gasteiger partial charge in [0, 0.05) is 18.6 Å². The summed E-state index contributed by atoms with van der Waals surface area (Å²) in [5.74, 6) is 1.07. The highest BCUT2D eigenvalue weighted by Gasteiger charge is 2.17. The summed E-state index contributed by atoms with van der Waals surface area (Å²) < 4.78 is 8.76. The molecule has 1 amide bonds. The second-order valence-electron chi connectivity index (χ2n) is 7.56. The molecular formula is C24H22N6O2. The minimum Gasteiger partial charge on any atom is -0.497 e. The molecule has 0 radical (unpaired) electrons. The lowest BCUT2D eigenvalue weighted by molar-refractivity contribution is -0.116. The first kappa shape index (κ1) is 19.7. The summed E-state index contributed by atoms with van der Waals surface area (Å²) >= 11 is 0. The van der Waals surface area contributed by atoms with Gasteiger partial charge in [0.25, 0.3) is 0 Å². The van der Waals surface area contributed by atoms with Crippen molar-refractivity contribution < 1.29 is 9.53 Å². The van der Waals surface area contributed by atoms with Crippen LogP contribution >= 0.6 is 0 Å². The molecule has 0 unspecified atom stereocenters. The maximum atomic E-state index is 12.8. The molecule has 0 spiro atoms. The Hall–Kier alpha value is -4.20. The van der Waals surface area contributed by atoms with Crippen molar-refractivity contribution in [2.45, 2.75) is 13.5 Å². The van der Waals surface area contributed by atoms with E-state index in [1.807, 2.05) is 73.1 Å². The number of anilines is 1. The second kappa shape index (κ2) is 7.81. The van der Waals surface area contributed by atoms with Gasteiger partial charge < -0.3 is 9.30 Å². The van der Waals surface area contributed by atoms with Crippen molar-refractivity contribution in [3.05, 3.63) is 66.5 Å². The van der Waals surface area contributed by atoms with Crippen LogP contribution in [0.4, 0.5) is 5.95 Å². The van der Waals surface area contributed by atoms with Crippen LogP contribution in [0.15, 0.2) is 60.8 Å². The van der Waals surface area contributed by atoms with E-state index in [-0.39, 0.29) is 12.5 Å². The van der Waals surface area contributed by atoms with E-state index in [0.29, 0.717) is 11.6 Å². The van der Waals surface area contributed by atoms with Gasteiger partial charge in [-0.3, -0.25) is 10.1 Å². The van der Waals surface area contributed by atoms with Crippen molar-refractivity contribution in [3.8, 4) is 16.9 Å². The minimum absolute atomic E-state index is 0.0343. The van der Waals surface area contributed by atoms with Crippen LogP contribution in [-0.4, -0.2) is 37.3 Å². The van der Waals surface area contributed by atoms with Crippen molar-refractivity contribution in [3.63, 3.8) is 0 Å². The standard InChI is InChI=1S/C24H22N6O2/c1-15-22-18(16-8-10-17(32-3)11-9-16)12-13-25-23(22)30(28-15)14-21(31)27-24-26-19-6-4-5-7-20(19)29(24)2/h4-13H,14H2,1-3H3,(H,26,27,31). The number of rotatable bonds is 5. The zero-order chi connectivity index (χ0) is 22.2. The van der Waals surface area contributed by atoms with Crippen LogP contribution in [0.3, 0.4) is 0 Å². The molecule has 0 bridgehead atoms. The molecular weight excluding hydrogens is 404 g/mol. The molecule has 8 nitrogen and oxygen atoms in total. The third kappa shape index (κ3) is 3.35. The quantitative estimate of drug-likeness (QED) is 0.460. The Morgan fingerprint density at radius 3 is 2.62 bits per heavy atom. The molecule has 0 saturated heterocycles. The van der Waals surface area contributed by atoms with Crippen molar-refractivity contribution in [1.82, 2.24) is 24.3 Å². The van der Waals surface area contributed by atoms with Crippen LogP contribution in [0, 0.1) is 6.92 Å². The largest absolute Gasteiger partial charge is 0.497 e. The van der Waals surface area contributed by atoms with E-state index in [2.05, 4.69) is 20.4 Å². The Bertz CT molecular complexity index is 1450. The monoisotopic (exact) mass is 426 g/mol. The fourth-order valence-corrected chi connectivity index (χ4v) is 3.96. The lowest BCUT2D eigenvalue weighted by Gasteiger charge is -2.07. The molecule has 0 aliphatic rings. The SMILES string of the molecule is COc1ccc(-c2ccnc3c2c(C)nn3CC(=O)Nc2nc3ccccc3n2C)cc1. The number of pyridine rings is 1. The molecule has 0 aliphatic carbocycles. The molecule has 3 heterocycles. The number of hydrogen-bond donors (Lipinski definition) is 1. The van der Waals surface area contributed by atoms with Crippen molar-refractivity contribution >= 4 is 33.9 Å². The predicted molar refractivity (Wildman–Crippen MR) is 124 cm³/mol. The van der Waals surface area contributed by atoms with Crippen molar-refractivity contribution in [2.75, 3.05) is 12.4 Å². The predicted octanol–water partition coefficient (Wildman–Crippen LogP) is 3.94. The molecule has 2 aromatic carbocycles. The molecule has 0 fully saturated rings. The highest BCUT2D eigenvalue weighted by atomic mass is 16.5. The number of fused-ring (bicyclic) bond motifs is 2. The fourth-order valence-electron chi connectivity index (χ4n) is 3.96. The van der Waals surface area contributed by atoms with Crippen LogP contribution in [0.5, 0.6) is 5.75 Å². The number of aryl methyl sites for hydroxylation is 2. The van der Waals surface area contributed by atoms with Gasteiger partial charge in [-0.25, -0.2) is 14.6 Å². The van der Waals surface area contributed by atoms with E-state index < -0.39 is 0 Å². The summed E-state index contributed by atoms with van der Waals surface area (Å²) in [6, 6.07) is 17.6. The summed E-state index contributed by atoms with van der Waals surface area (Å²) in [7, 11) is 3.52. The number of para-hydroxylation sites is 2. The third-order valence-corrected chi connectivity index (χ3v) is 5.54. The first-order valence-corrected chi connectivity index (χ1v) is 10.2. The van der Waals surface area contributed by atoms with Gasteiger partial charge in [0.2, 0.25) is 11.9 Å². The van der Waals surface area contributed by atoms with Crippen LogP contribution in [0.25, 0.3) is 33.2 Å². The molecule has 8 heteroatoms. The lowest BCUT2D eigenvalue weighted by atomic mass is 10.0. The Morgan fingerprint density at radius 1 is 1.09 bits per heavy atom. The Labute approximate surface area is 184 Å². The topological polar surface area (TPSA) is 86.9 Å². The van der Waals surface area contributed by atoms with E-state index in [9.17, 15) is 4.79 Å². The molecule has 5 rings (SSSR count). The number of imidazole rings is 1. The average Bonchev–Trinajstić information content (AvgIpc) is 3.30. The maximum Gasteiger partial charge on any atom is 0.248 e. The number of methoxy groups -OCH3 is 1. The minimum atomic E-state index is -0.218. The number of hydrogen-bond acceptors (Lipinski definition) is 5. The summed E-state index contributed by atoms with van der Waals surface area (Å²) in [5.41, 5.74) is 5.30. The zero-order valence-electron chi connectivity index (χ0n) is 18.0. The van der Waals surface area contributed by atoms with Crippen LogP contribution in [0.2, 0.25) is 0 Å². The van der Waals surface area contributed by atoms with Crippen LogP contribution in [0.1, 0.15) is 5.69 Å². The number of ether oxygens (including phenoxy) is 1. The number of benzene rings is 2. The molecule has 0 saturated carbocycles. The van der Waals surface area contributed by atoms with Gasteiger partial charge in [0.1, 0.15) is 12.3 Å². The molecule has 160 valence electrons. The first-order valence-electron chi connectivity index (χ1n) is 10.2. The second-order valence-corrected chi connectivity index (χ2v) is 7.56. The van der Waals surface area contributed by atoms with Gasteiger partial charge in [-0.15, -0.1) is 0 Å². The van der Waals surface area contributed by atoms with E-state index in [0.717, 1.165) is 39.0 Å². The number of nitrogens with zero attached hydrogens (tertiary/aromatic N) is 5. The average molecular weight is 426 g/mol. The number of aromatic nitrogens is 5. The molecule has 1 N–H and O–H groups in total. The Kier molecular flexibility index (Phi) is 4.82. The highest BCUT2D eigenvalue weighted by Crippen LogP contribution is 2.31. The van der Waals surface area contributed by atoms with E-state index >= 15 is 0 Å². The normalized spacial score (nSPS) is 11.2. The van der Waals surface area contributed by atoms with Gasteiger partial charge in [-0.1, -0.05) is 24.3 Å². The summed E-state index contributed by atoms with van der Waals surface area (Å²) in [6.07, 6.45) is 1.74. The summed E-state index contributed by atoms with van der Waals surface area (Å²) in [4.78, 5) is 21.8. The fraction of sp³-hybridized carbons (Fsp3) is 0.167. The lowest BCUT2D eigenvalue weighted by Crippen LogP contribution is -2.21. The number of carbonyl (C=O) groups is 1. The van der Waals surface area contributed by atoms with Gasteiger partial charge in [-0.2, -0.15) is 5.10 Å². The number of nitrogens with one attached hydrogen (secondary N) is 1. The van der Waals surface area contributed by atoms with Gasteiger partial charge in [-0.05, 0) is 48.4 Å². The smallest absolute Gasteiger partial charge is 0.248 e.